The fourth-order valence-electron chi connectivity index (χ4n) is 3.56. The lowest BCUT2D eigenvalue weighted by molar-refractivity contribution is -0.136. The van der Waals surface area contributed by atoms with Crippen LogP contribution in [0.4, 0.5) is 25.4 Å². The zero-order valence-corrected chi connectivity index (χ0v) is 19.1. The monoisotopic (exact) mass is 474 g/mol. The predicted octanol–water partition coefficient (Wildman–Crippen LogP) is 5.05. The Morgan fingerprint density at radius 3 is 2.52 bits per heavy atom. The third-order valence-corrected chi connectivity index (χ3v) is 5.39. The number of urea groups is 2. The van der Waals surface area contributed by atoms with Crippen LogP contribution in [0.1, 0.15) is 31.9 Å². The topological polar surface area (TPSA) is 99.8 Å². The van der Waals surface area contributed by atoms with Gasteiger partial charge in [-0.15, -0.1) is 0 Å². The van der Waals surface area contributed by atoms with Gasteiger partial charge in [0.25, 0.3) is 0 Å². The van der Waals surface area contributed by atoms with Crippen LogP contribution in [0.15, 0.2) is 53.7 Å². The lowest BCUT2D eigenvalue weighted by atomic mass is 9.94. The largest absolute Gasteiger partial charge is 0.466 e. The van der Waals surface area contributed by atoms with Crippen molar-refractivity contribution < 1.29 is 23.5 Å². The van der Waals surface area contributed by atoms with E-state index < -0.39 is 23.9 Å². The minimum absolute atomic E-state index is 0.113. The fraction of sp³-hybridized carbons (Fsp3) is 0.261. The number of allylic oxidation sites excluding steroid dienone is 1. The number of benzene rings is 2. The van der Waals surface area contributed by atoms with Gasteiger partial charge in [0.2, 0.25) is 0 Å². The van der Waals surface area contributed by atoms with Crippen LogP contribution in [-0.2, 0) is 9.53 Å². The predicted molar refractivity (Wildman–Crippen MR) is 123 cm³/mol. The van der Waals surface area contributed by atoms with Crippen LogP contribution >= 0.6 is 11.6 Å². The number of methoxy groups -OCH3 is 1. The van der Waals surface area contributed by atoms with Crippen LogP contribution in [0.5, 0.6) is 0 Å². The highest BCUT2D eigenvalue weighted by Gasteiger charge is 2.36. The SMILES string of the molecule is CCCN1C(=O)NC(c2cccc(NC(=O)Nc3ccc(F)c(Cl)c3)c2)C(C(=O)OC)=C1C. The number of ether oxygens (including phenoxy) is 1. The first-order valence-corrected chi connectivity index (χ1v) is 10.6. The average Bonchev–Trinajstić information content (AvgIpc) is 2.78. The number of amides is 4. The average molecular weight is 475 g/mol. The van der Waals surface area contributed by atoms with E-state index >= 15 is 0 Å². The number of nitrogens with one attached hydrogen (secondary N) is 3. The minimum Gasteiger partial charge on any atom is -0.466 e. The lowest BCUT2D eigenvalue weighted by Crippen LogP contribution is -2.48. The minimum atomic E-state index is -0.751. The van der Waals surface area contributed by atoms with Gasteiger partial charge in [-0.05, 0) is 49.2 Å². The van der Waals surface area contributed by atoms with Gasteiger partial charge in [0, 0.05) is 23.6 Å². The van der Waals surface area contributed by atoms with E-state index in [2.05, 4.69) is 16.0 Å². The van der Waals surface area contributed by atoms with E-state index in [9.17, 15) is 18.8 Å². The highest BCUT2D eigenvalue weighted by molar-refractivity contribution is 6.31. The molecule has 1 aliphatic rings. The molecule has 0 spiro atoms. The normalized spacial score (nSPS) is 15.7. The summed E-state index contributed by atoms with van der Waals surface area (Å²) in [5.74, 6) is -1.14. The summed E-state index contributed by atoms with van der Waals surface area (Å²) in [5.41, 5.74) is 2.15. The standard InChI is InChI=1S/C23H24ClFN4O4/c1-4-10-29-13(2)19(21(30)33-3)20(28-23(29)32)14-6-5-7-15(11-14)26-22(31)27-16-8-9-18(25)17(24)12-16/h5-9,11-12,20H,4,10H2,1-3H3,(H,28,32)(H2,26,27,31). The Morgan fingerprint density at radius 2 is 1.88 bits per heavy atom. The first-order valence-electron chi connectivity index (χ1n) is 10.2. The van der Waals surface area contributed by atoms with Crippen molar-refractivity contribution in [2.45, 2.75) is 26.3 Å². The zero-order valence-electron chi connectivity index (χ0n) is 18.4. The van der Waals surface area contributed by atoms with E-state index in [1.807, 2.05) is 6.92 Å². The Bertz CT molecular complexity index is 1120. The molecule has 0 saturated heterocycles. The second-order valence-corrected chi connectivity index (χ2v) is 7.77. The van der Waals surface area contributed by atoms with E-state index in [-0.39, 0.29) is 11.1 Å². The molecule has 0 bridgehead atoms. The molecule has 4 amide bonds. The Labute approximate surface area is 195 Å². The molecule has 8 nitrogen and oxygen atoms in total. The number of rotatable bonds is 6. The van der Waals surface area contributed by atoms with Crippen molar-refractivity contribution in [2.24, 2.45) is 0 Å². The van der Waals surface area contributed by atoms with E-state index in [1.165, 1.54) is 24.1 Å². The van der Waals surface area contributed by atoms with Crippen LogP contribution in [0.25, 0.3) is 0 Å². The van der Waals surface area contributed by atoms with E-state index in [4.69, 9.17) is 16.3 Å². The van der Waals surface area contributed by atoms with Gasteiger partial charge >= 0.3 is 18.0 Å². The van der Waals surface area contributed by atoms with Crippen LogP contribution in [-0.4, -0.2) is 36.6 Å². The maximum absolute atomic E-state index is 13.3. The van der Waals surface area contributed by atoms with Crippen LogP contribution < -0.4 is 16.0 Å². The second-order valence-electron chi connectivity index (χ2n) is 7.36. The second kappa shape index (κ2) is 10.4. The van der Waals surface area contributed by atoms with E-state index in [0.717, 1.165) is 12.5 Å². The highest BCUT2D eigenvalue weighted by Crippen LogP contribution is 2.32. The lowest BCUT2D eigenvalue weighted by Gasteiger charge is -2.35. The number of hydrogen-bond acceptors (Lipinski definition) is 4. The maximum Gasteiger partial charge on any atom is 0.337 e. The summed E-state index contributed by atoms with van der Waals surface area (Å²) in [7, 11) is 1.28. The summed E-state index contributed by atoms with van der Waals surface area (Å²) in [4.78, 5) is 39.1. The van der Waals surface area contributed by atoms with Gasteiger partial charge in [0.1, 0.15) is 5.82 Å². The molecular formula is C23H24ClFN4O4. The summed E-state index contributed by atoms with van der Waals surface area (Å²) in [6.07, 6.45) is 0.720. The molecule has 174 valence electrons. The number of carbonyl (C=O) groups is 3. The van der Waals surface area contributed by atoms with Gasteiger partial charge in [0.15, 0.2) is 0 Å². The highest BCUT2D eigenvalue weighted by atomic mass is 35.5. The Balaban J connectivity index is 1.85. The van der Waals surface area contributed by atoms with Crippen LogP contribution in [0, 0.1) is 5.82 Å². The molecule has 0 aromatic heterocycles. The van der Waals surface area contributed by atoms with Gasteiger partial charge in [-0.1, -0.05) is 30.7 Å². The summed E-state index contributed by atoms with van der Waals surface area (Å²) >= 11 is 5.74. The van der Waals surface area contributed by atoms with Crippen molar-refractivity contribution in [1.82, 2.24) is 10.2 Å². The first-order chi connectivity index (χ1) is 15.7. The first kappa shape index (κ1) is 24.1. The Hall–Kier alpha value is -3.59. The molecule has 1 heterocycles. The van der Waals surface area contributed by atoms with Crippen molar-refractivity contribution in [3.8, 4) is 0 Å². The number of esters is 1. The molecule has 1 atom stereocenters. The molecule has 0 radical (unpaired) electrons. The van der Waals surface area contributed by atoms with Crippen molar-refractivity contribution in [3.05, 3.63) is 70.1 Å². The summed E-state index contributed by atoms with van der Waals surface area (Å²) in [6, 6.07) is 8.90. The zero-order chi connectivity index (χ0) is 24.1. The third-order valence-electron chi connectivity index (χ3n) is 5.10. The molecule has 0 saturated carbocycles. The van der Waals surface area contributed by atoms with Gasteiger partial charge < -0.3 is 20.7 Å². The molecule has 2 aromatic carbocycles. The van der Waals surface area contributed by atoms with Gasteiger partial charge in [-0.25, -0.2) is 18.8 Å². The molecule has 0 aliphatic carbocycles. The molecule has 3 N–H and O–H groups in total. The number of halogens is 2. The fourth-order valence-corrected chi connectivity index (χ4v) is 3.74. The molecule has 2 aromatic rings. The molecule has 3 rings (SSSR count). The Kier molecular flexibility index (Phi) is 7.55. The van der Waals surface area contributed by atoms with Crippen molar-refractivity contribution >= 4 is 41.0 Å². The van der Waals surface area contributed by atoms with Gasteiger partial charge in [-0.3, -0.25) is 4.90 Å². The molecule has 10 heteroatoms. The summed E-state index contributed by atoms with van der Waals surface area (Å²) in [6.45, 7) is 4.10. The van der Waals surface area contributed by atoms with Gasteiger partial charge in [-0.2, -0.15) is 0 Å². The van der Waals surface area contributed by atoms with Crippen molar-refractivity contribution in [2.75, 3.05) is 24.3 Å². The quantitative estimate of drug-likeness (QED) is 0.510. The number of anilines is 2. The third kappa shape index (κ3) is 5.43. The molecule has 1 unspecified atom stereocenters. The molecule has 33 heavy (non-hydrogen) atoms. The summed E-state index contributed by atoms with van der Waals surface area (Å²) in [5, 5.41) is 7.97. The molecule has 0 fully saturated rings. The molecular weight excluding hydrogens is 451 g/mol. The van der Waals surface area contributed by atoms with Crippen molar-refractivity contribution in [3.63, 3.8) is 0 Å². The van der Waals surface area contributed by atoms with Gasteiger partial charge in [0.05, 0.1) is 23.7 Å². The maximum atomic E-state index is 13.3. The Morgan fingerprint density at radius 1 is 1.18 bits per heavy atom. The van der Waals surface area contributed by atoms with Crippen LogP contribution in [0.2, 0.25) is 5.02 Å². The van der Waals surface area contributed by atoms with Crippen molar-refractivity contribution in [1.29, 1.82) is 0 Å². The number of hydrogen-bond donors (Lipinski definition) is 3. The summed E-state index contributed by atoms with van der Waals surface area (Å²) < 4.78 is 18.3. The van der Waals surface area contributed by atoms with E-state index in [0.29, 0.717) is 34.8 Å². The molecule has 1 aliphatic heterocycles. The number of carbonyl (C=O) groups excluding carboxylic acids is 3. The van der Waals surface area contributed by atoms with Crippen LogP contribution in [0.3, 0.4) is 0 Å². The number of nitrogens with zero attached hydrogens (tertiary/aromatic N) is 1. The van der Waals surface area contributed by atoms with E-state index in [1.54, 1.807) is 31.2 Å². The smallest absolute Gasteiger partial charge is 0.337 e.